The minimum atomic E-state index is 0.279. The molecule has 3 N–H and O–H groups in total. The minimum absolute atomic E-state index is 0.279. The van der Waals surface area contributed by atoms with Gasteiger partial charge in [-0.3, -0.25) is 5.10 Å². The van der Waals surface area contributed by atoms with Crippen molar-refractivity contribution >= 4 is 17.3 Å². The molecule has 3 rings (SSSR count). The molecule has 7 nitrogen and oxygen atoms in total. The molecule has 0 atom stereocenters. The molecule has 8 heteroatoms. The van der Waals surface area contributed by atoms with Crippen molar-refractivity contribution in [2.75, 3.05) is 5.73 Å². The van der Waals surface area contributed by atoms with E-state index in [0.717, 1.165) is 0 Å². The third-order valence-electron chi connectivity index (χ3n) is 2.34. The maximum absolute atomic E-state index is 5.93. The van der Waals surface area contributed by atoms with Crippen LogP contribution in [-0.2, 0) is 0 Å². The van der Waals surface area contributed by atoms with E-state index in [1.807, 2.05) is 0 Å². The molecule has 1 aromatic carbocycles. The summed E-state index contributed by atoms with van der Waals surface area (Å²) in [5.41, 5.74) is 6.83. The second-order valence-corrected chi connectivity index (χ2v) is 3.87. The summed E-state index contributed by atoms with van der Waals surface area (Å²) in [6.07, 6.45) is 1.36. The fraction of sp³-hybridized carbons (Fsp3) is 0. The Labute approximate surface area is 106 Å². The molecule has 0 amide bonds. The van der Waals surface area contributed by atoms with Crippen LogP contribution in [0.5, 0.6) is 0 Å². The average Bonchev–Trinajstić information content (AvgIpc) is 3.01. The fourth-order valence-electron chi connectivity index (χ4n) is 1.47. The van der Waals surface area contributed by atoms with Crippen LogP contribution in [0.2, 0.25) is 5.02 Å². The number of aromatic nitrogens is 5. The highest BCUT2D eigenvalue weighted by atomic mass is 35.5. The topological polar surface area (TPSA) is 107 Å². The zero-order chi connectivity index (χ0) is 12.5. The van der Waals surface area contributed by atoms with Crippen LogP contribution < -0.4 is 5.73 Å². The van der Waals surface area contributed by atoms with Crippen LogP contribution in [0.3, 0.4) is 0 Å². The number of para-hydroxylation sites is 1. The fourth-order valence-corrected chi connectivity index (χ4v) is 1.64. The molecule has 18 heavy (non-hydrogen) atoms. The number of nitrogens with two attached hydrogens (primary N) is 1. The van der Waals surface area contributed by atoms with Gasteiger partial charge in [0.05, 0.1) is 16.3 Å². The first-order chi connectivity index (χ1) is 8.75. The first-order valence-electron chi connectivity index (χ1n) is 4.99. The average molecular weight is 263 g/mol. The maximum Gasteiger partial charge on any atom is 0.260 e. The highest BCUT2D eigenvalue weighted by molar-refractivity contribution is 6.33. The summed E-state index contributed by atoms with van der Waals surface area (Å²) < 4.78 is 5.12. The summed E-state index contributed by atoms with van der Waals surface area (Å²) in [6, 6.07) is 5.19. The zero-order valence-electron chi connectivity index (χ0n) is 8.96. The number of H-pyrrole nitrogens is 1. The molecule has 0 unspecified atom stereocenters. The smallest absolute Gasteiger partial charge is 0.260 e. The standard InChI is InChI=1S/C10H7ClN6O/c11-6-3-1-2-5(7(6)12)10-15-9(17-18-10)8-13-4-14-16-8/h1-4H,12H2,(H,13,14,16). The van der Waals surface area contributed by atoms with Crippen molar-refractivity contribution in [3.8, 4) is 23.1 Å². The van der Waals surface area contributed by atoms with Gasteiger partial charge in [0, 0.05) is 0 Å². The van der Waals surface area contributed by atoms with Crippen molar-refractivity contribution in [1.82, 2.24) is 25.3 Å². The van der Waals surface area contributed by atoms with Crippen molar-refractivity contribution in [2.45, 2.75) is 0 Å². The van der Waals surface area contributed by atoms with Crippen LogP contribution in [0, 0.1) is 0 Å². The molecule has 0 aliphatic carbocycles. The van der Waals surface area contributed by atoms with Gasteiger partial charge in [0.15, 0.2) is 5.82 Å². The molecule has 0 aliphatic rings. The molecule has 0 saturated heterocycles. The number of anilines is 1. The third kappa shape index (κ3) is 1.70. The molecule has 0 fully saturated rings. The number of rotatable bonds is 2. The molecular formula is C10H7ClN6O. The highest BCUT2D eigenvalue weighted by Crippen LogP contribution is 2.30. The predicted octanol–water partition coefficient (Wildman–Crippen LogP) is 1.76. The highest BCUT2D eigenvalue weighted by Gasteiger charge is 2.15. The molecule has 2 heterocycles. The number of nitrogens with one attached hydrogen (secondary N) is 1. The van der Waals surface area contributed by atoms with Gasteiger partial charge in [-0.1, -0.05) is 22.8 Å². The number of hydrogen-bond acceptors (Lipinski definition) is 6. The van der Waals surface area contributed by atoms with Crippen molar-refractivity contribution < 1.29 is 4.52 Å². The Morgan fingerprint density at radius 1 is 1.33 bits per heavy atom. The van der Waals surface area contributed by atoms with Crippen molar-refractivity contribution in [3.63, 3.8) is 0 Å². The number of nitrogen functional groups attached to an aromatic ring is 1. The van der Waals surface area contributed by atoms with E-state index in [0.29, 0.717) is 27.9 Å². The van der Waals surface area contributed by atoms with Crippen LogP contribution in [-0.4, -0.2) is 25.3 Å². The lowest BCUT2D eigenvalue weighted by Crippen LogP contribution is -1.91. The number of nitrogens with zero attached hydrogens (tertiary/aromatic N) is 4. The van der Waals surface area contributed by atoms with E-state index in [1.54, 1.807) is 18.2 Å². The van der Waals surface area contributed by atoms with Crippen molar-refractivity contribution in [1.29, 1.82) is 0 Å². The predicted molar refractivity (Wildman–Crippen MR) is 64.5 cm³/mol. The Bertz CT molecular complexity index is 678. The van der Waals surface area contributed by atoms with Gasteiger partial charge in [-0.2, -0.15) is 10.1 Å². The number of halogens is 1. The normalized spacial score (nSPS) is 10.7. The molecular weight excluding hydrogens is 256 g/mol. The Kier molecular flexibility index (Phi) is 2.45. The number of hydrogen-bond donors (Lipinski definition) is 2. The summed E-state index contributed by atoms with van der Waals surface area (Å²) in [6.45, 7) is 0. The molecule has 3 aromatic rings. The lowest BCUT2D eigenvalue weighted by Gasteiger charge is -2.01. The van der Waals surface area contributed by atoms with E-state index in [9.17, 15) is 0 Å². The van der Waals surface area contributed by atoms with E-state index in [1.165, 1.54) is 6.33 Å². The van der Waals surface area contributed by atoms with Gasteiger partial charge in [-0.05, 0) is 12.1 Å². The van der Waals surface area contributed by atoms with Crippen LogP contribution in [0.25, 0.3) is 23.1 Å². The molecule has 0 radical (unpaired) electrons. The summed E-state index contributed by atoms with van der Waals surface area (Å²) in [4.78, 5) is 8.10. The number of aromatic amines is 1. The maximum atomic E-state index is 5.93. The molecule has 90 valence electrons. The van der Waals surface area contributed by atoms with Crippen molar-refractivity contribution in [2.24, 2.45) is 0 Å². The number of benzene rings is 1. The van der Waals surface area contributed by atoms with Crippen molar-refractivity contribution in [3.05, 3.63) is 29.5 Å². The minimum Gasteiger partial charge on any atom is -0.397 e. The van der Waals surface area contributed by atoms with Gasteiger partial charge in [-0.15, -0.1) is 0 Å². The summed E-state index contributed by atoms with van der Waals surface area (Å²) in [7, 11) is 0. The lowest BCUT2D eigenvalue weighted by atomic mass is 10.2. The quantitative estimate of drug-likeness (QED) is 0.682. The molecule has 0 bridgehead atoms. The monoisotopic (exact) mass is 262 g/mol. The van der Waals surface area contributed by atoms with E-state index >= 15 is 0 Å². The zero-order valence-corrected chi connectivity index (χ0v) is 9.72. The Morgan fingerprint density at radius 2 is 2.22 bits per heavy atom. The Balaban J connectivity index is 2.06. The second-order valence-electron chi connectivity index (χ2n) is 3.46. The van der Waals surface area contributed by atoms with E-state index in [-0.39, 0.29) is 5.89 Å². The van der Waals surface area contributed by atoms with Crippen LogP contribution in [0.15, 0.2) is 29.0 Å². The first kappa shape index (κ1) is 10.7. The summed E-state index contributed by atoms with van der Waals surface area (Å²) in [5, 5.41) is 10.6. The third-order valence-corrected chi connectivity index (χ3v) is 2.67. The van der Waals surface area contributed by atoms with E-state index in [2.05, 4.69) is 25.3 Å². The lowest BCUT2D eigenvalue weighted by molar-refractivity contribution is 0.432. The Hall–Kier alpha value is -2.41. The van der Waals surface area contributed by atoms with Gasteiger partial charge in [0.2, 0.25) is 5.82 Å². The van der Waals surface area contributed by atoms with Gasteiger partial charge in [0.25, 0.3) is 5.89 Å². The summed E-state index contributed by atoms with van der Waals surface area (Å²) >= 11 is 5.93. The van der Waals surface area contributed by atoms with Gasteiger partial charge >= 0.3 is 0 Å². The Morgan fingerprint density at radius 3 is 3.00 bits per heavy atom. The first-order valence-corrected chi connectivity index (χ1v) is 5.37. The SMILES string of the molecule is Nc1c(Cl)cccc1-c1nc(-c2ncn[nH]2)no1. The van der Waals surface area contributed by atoms with E-state index < -0.39 is 0 Å². The van der Waals surface area contributed by atoms with Gasteiger partial charge < -0.3 is 10.3 Å². The van der Waals surface area contributed by atoms with E-state index in [4.69, 9.17) is 21.9 Å². The summed E-state index contributed by atoms with van der Waals surface area (Å²) in [5.74, 6) is 1.01. The largest absolute Gasteiger partial charge is 0.397 e. The van der Waals surface area contributed by atoms with Crippen LogP contribution in [0.4, 0.5) is 5.69 Å². The van der Waals surface area contributed by atoms with Gasteiger partial charge in [-0.25, -0.2) is 4.98 Å². The van der Waals surface area contributed by atoms with Crippen LogP contribution in [0.1, 0.15) is 0 Å². The van der Waals surface area contributed by atoms with Gasteiger partial charge in [0.1, 0.15) is 6.33 Å². The molecule has 0 saturated carbocycles. The van der Waals surface area contributed by atoms with Crippen LogP contribution >= 0.6 is 11.6 Å². The molecule has 0 aliphatic heterocycles. The molecule has 0 spiro atoms. The second kappa shape index (κ2) is 4.11. The molecule has 2 aromatic heterocycles.